The first kappa shape index (κ1) is 56.5. The first-order valence-corrected chi connectivity index (χ1v) is 24.4. The summed E-state index contributed by atoms with van der Waals surface area (Å²) in [5.74, 6) is -0.0956. The first-order chi connectivity index (χ1) is 29.7. The molecule has 338 valence electrons. The number of carbonyl (C=O) groups excluding carboxylic acids is 1. The average Bonchev–Trinajstić information content (AvgIpc) is 3.25. The molecule has 60 heavy (non-hydrogen) atoms. The van der Waals surface area contributed by atoms with E-state index < -0.39 is 12.1 Å². The van der Waals surface area contributed by atoms with E-state index in [9.17, 15) is 15.0 Å². The number of nitrogens with one attached hydrogen (secondary N) is 1. The molecule has 0 aromatic rings. The lowest BCUT2D eigenvalue weighted by atomic mass is 10.0. The first-order valence-electron chi connectivity index (χ1n) is 24.4. The van der Waals surface area contributed by atoms with Crippen molar-refractivity contribution in [3.05, 3.63) is 134 Å². The van der Waals surface area contributed by atoms with Gasteiger partial charge in [-0.15, -0.1) is 0 Å². The topological polar surface area (TPSA) is 69.6 Å². The number of allylic oxidation sites excluding steroid dienone is 21. The smallest absolute Gasteiger partial charge is 0.220 e. The Balaban J connectivity index is 3.72. The molecular weight excluding hydrogens is 735 g/mol. The van der Waals surface area contributed by atoms with Crippen molar-refractivity contribution in [1.29, 1.82) is 0 Å². The van der Waals surface area contributed by atoms with E-state index in [0.717, 1.165) is 109 Å². The zero-order chi connectivity index (χ0) is 43.5. The van der Waals surface area contributed by atoms with Crippen LogP contribution in [0, 0.1) is 0 Å². The second-order valence-corrected chi connectivity index (χ2v) is 15.8. The Morgan fingerprint density at radius 1 is 0.417 bits per heavy atom. The SMILES string of the molecule is CC/C=C\C/C=C\C/C=C\C/C=C\C/C=C\C/C=C\C/C=C\C/C=C\C/C=C\C/C=C\CCCCCCC(=O)NC(CO)C(O)/C=C/CCCCCCCCCCCCC. The minimum atomic E-state index is -0.859. The Hall–Kier alpha value is -3.47. The highest BCUT2D eigenvalue weighted by atomic mass is 16.3. The van der Waals surface area contributed by atoms with Crippen LogP contribution in [0.5, 0.6) is 0 Å². The molecule has 0 saturated heterocycles. The van der Waals surface area contributed by atoms with Crippen LogP contribution in [0.3, 0.4) is 0 Å². The van der Waals surface area contributed by atoms with Crippen molar-refractivity contribution in [1.82, 2.24) is 5.32 Å². The van der Waals surface area contributed by atoms with E-state index in [0.29, 0.717) is 6.42 Å². The maximum atomic E-state index is 12.4. The van der Waals surface area contributed by atoms with Gasteiger partial charge in [0.1, 0.15) is 0 Å². The van der Waals surface area contributed by atoms with Crippen LogP contribution in [-0.4, -0.2) is 34.9 Å². The average molecular weight is 826 g/mol. The molecule has 0 heterocycles. The minimum Gasteiger partial charge on any atom is -0.394 e. The summed E-state index contributed by atoms with van der Waals surface area (Å²) in [6.45, 7) is 4.16. The van der Waals surface area contributed by atoms with Gasteiger partial charge in [-0.25, -0.2) is 0 Å². The molecule has 0 aromatic carbocycles. The maximum Gasteiger partial charge on any atom is 0.220 e. The Morgan fingerprint density at radius 2 is 0.733 bits per heavy atom. The third kappa shape index (κ3) is 45.6. The summed E-state index contributed by atoms with van der Waals surface area (Å²) in [6, 6.07) is -0.645. The lowest BCUT2D eigenvalue weighted by molar-refractivity contribution is -0.123. The molecule has 0 aliphatic rings. The molecule has 1 amide bonds. The van der Waals surface area contributed by atoms with Crippen LogP contribution >= 0.6 is 0 Å². The molecule has 0 aliphatic carbocycles. The highest BCUT2D eigenvalue weighted by Crippen LogP contribution is 2.13. The monoisotopic (exact) mass is 826 g/mol. The lowest BCUT2D eigenvalue weighted by Gasteiger charge is -2.20. The van der Waals surface area contributed by atoms with Crippen molar-refractivity contribution in [2.45, 2.75) is 206 Å². The van der Waals surface area contributed by atoms with E-state index in [4.69, 9.17) is 0 Å². The fourth-order valence-electron chi connectivity index (χ4n) is 6.44. The van der Waals surface area contributed by atoms with Crippen molar-refractivity contribution in [2.24, 2.45) is 0 Å². The number of hydrogen-bond acceptors (Lipinski definition) is 3. The third-order valence-electron chi connectivity index (χ3n) is 10.1. The molecule has 2 unspecified atom stereocenters. The maximum absolute atomic E-state index is 12.4. The fraction of sp³-hybridized carbons (Fsp3) is 0.589. The fourth-order valence-corrected chi connectivity index (χ4v) is 6.44. The van der Waals surface area contributed by atoms with E-state index in [1.165, 1.54) is 64.2 Å². The molecule has 4 nitrogen and oxygen atoms in total. The standard InChI is InChI=1S/C56H91NO3/c1-3-5-7-9-11-13-15-17-18-19-20-21-22-23-24-25-26-27-28-29-30-31-32-33-34-35-36-37-38-40-42-44-46-48-50-52-56(60)57-54(53-58)55(59)51-49-47-45-43-41-39-16-14-12-10-8-6-4-2/h5,7,11,13,17-18,20-21,23-24,26-27,29-30,32-33,35-36,38,40,49,51,54-55,58-59H,3-4,6,8-10,12,14-16,19,22,25,28,31,34,37,39,41-48,50,52-53H2,1-2H3,(H,57,60)/b7-5-,13-11-,18-17-,21-20-,24-23-,27-26-,30-29-,33-32-,36-35-,40-38-,51-49+. The van der Waals surface area contributed by atoms with Crippen LogP contribution in [0.25, 0.3) is 0 Å². The predicted molar refractivity (Wildman–Crippen MR) is 266 cm³/mol. The molecular formula is C56H91NO3. The van der Waals surface area contributed by atoms with Gasteiger partial charge in [-0.05, 0) is 96.3 Å². The Bertz CT molecular complexity index is 1260. The van der Waals surface area contributed by atoms with Gasteiger partial charge in [-0.2, -0.15) is 0 Å². The summed E-state index contributed by atoms with van der Waals surface area (Å²) in [5.41, 5.74) is 0. The minimum absolute atomic E-state index is 0.0956. The van der Waals surface area contributed by atoms with Gasteiger partial charge in [0.05, 0.1) is 18.8 Å². The normalized spacial score (nSPS) is 14.1. The van der Waals surface area contributed by atoms with E-state index >= 15 is 0 Å². The van der Waals surface area contributed by atoms with Crippen molar-refractivity contribution in [3.8, 4) is 0 Å². The van der Waals surface area contributed by atoms with Gasteiger partial charge in [0.15, 0.2) is 0 Å². The molecule has 4 heteroatoms. The molecule has 0 saturated carbocycles. The van der Waals surface area contributed by atoms with Gasteiger partial charge in [0, 0.05) is 6.42 Å². The Morgan fingerprint density at radius 3 is 1.10 bits per heavy atom. The number of unbranched alkanes of at least 4 members (excludes halogenated alkanes) is 15. The van der Waals surface area contributed by atoms with E-state index in [2.05, 4.69) is 141 Å². The second kappa shape index (κ2) is 49.9. The third-order valence-corrected chi connectivity index (χ3v) is 10.1. The molecule has 2 atom stereocenters. The summed E-state index contributed by atoms with van der Waals surface area (Å²) in [5, 5.41) is 23.0. The number of carbonyl (C=O) groups is 1. The highest BCUT2D eigenvalue weighted by molar-refractivity contribution is 5.76. The number of rotatable bonds is 42. The van der Waals surface area contributed by atoms with E-state index in [-0.39, 0.29) is 12.5 Å². The zero-order valence-electron chi connectivity index (χ0n) is 38.7. The molecule has 0 spiro atoms. The van der Waals surface area contributed by atoms with E-state index in [1.807, 2.05) is 6.08 Å². The second-order valence-electron chi connectivity index (χ2n) is 15.8. The zero-order valence-corrected chi connectivity index (χ0v) is 38.7. The van der Waals surface area contributed by atoms with Crippen molar-refractivity contribution in [3.63, 3.8) is 0 Å². The molecule has 0 aliphatic heterocycles. The highest BCUT2D eigenvalue weighted by Gasteiger charge is 2.17. The van der Waals surface area contributed by atoms with Crippen molar-refractivity contribution >= 4 is 5.91 Å². The number of aliphatic hydroxyl groups excluding tert-OH is 2. The quantitative estimate of drug-likeness (QED) is 0.0424. The Kier molecular flexibility index (Phi) is 47.0. The van der Waals surface area contributed by atoms with Crippen LogP contribution < -0.4 is 5.32 Å². The van der Waals surface area contributed by atoms with Crippen molar-refractivity contribution < 1.29 is 15.0 Å². The molecule has 0 rings (SSSR count). The largest absolute Gasteiger partial charge is 0.394 e. The molecule has 0 bridgehead atoms. The molecule has 0 aromatic heterocycles. The predicted octanol–water partition coefficient (Wildman–Crippen LogP) is 15.9. The van der Waals surface area contributed by atoms with Crippen LogP contribution in [0.1, 0.15) is 194 Å². The van der Waals surface area contributed by atoms with Crippen LogP contribution in [0.2, 0.25) is 0 Å². The summed E-state index contributed by atoms with van der Waals surface area (Å²) in [7, 11) is 0. The number of hydrogen-bond donors (Lipinski definition) is 3. The van der Waals surface area contributed by atoms with Crippen LogP contribution in [-0.2, 0) is 4.79 Å². The van der Waals surface area contributed by atoms with Gasteiger partial charge in [0.2, 0.25) is 5.91 Å². The van der Waals surface area contributed by atoms with Gasteiger partial charge in [-0.1, -0.05) is 225 Å². The van der Waals surface area contributed by atoms with Gasteiger partial charge < -0.3 is 15.5 Å². The molecule has 0 radical (unpaired) electrons. The number of aliphatic hydroxyl groups is 2. The summed E-state index contributed by atoms with van der Waals surface area (Å²) >= 11 is 0. The Labute approximate surface area is 371 Å². The summed E-state index contributed by atoms with van der Waals surface area (Å²) in [6.07, 6.45) is 78.5. The molecule has 3 N–H and O–H groups in total. The summed E-state index contributed by atoms with van der Waals surface area (Å²) < 4.78 is 0. The lowest BCUT2D eigenvalue weighted by Crippen LogP contribution is -2.45. The van der Waals surface area contributed by atoms with Crippen molar-refractivity contribution in [2.75, 3.05) is 6.61 Å². The van der Waals surface area contributed by atoms with Gasteiger partial charge in [-0.3, -0.25) is 4.79 Å². The summed E-state index contributed by atoms with van der Waals surface area (Å²) in [4.78, 5) is 12.4. The number of amides is 1. The van der Waals surface area contributed by atoms with E-state index in [1.54, 1.807) is 6.08 Å². The van der Waals surface area contributed by atoms with Gasteiger partial charge in [0.25, 0.3) is 0 Å². The molecule has 0 fully saturated rings. The van der Waals surface area contributed by atoms with Crippen LogP contribution in [0.4, 0.5) is 0 Å². The van der Waals surface area contributed by atoms with Crippen LogP contribution in [0.15, 0.2) is 134 Å². The van der Waals surface area contributed by atoms with Gasteiger partial charge >= 0.3 is 0 Å².